The molecule has 2 heterocycles. The van der Waals surface area contributed by atoms with Crippen LogP contribution in [0.4, 0.5) is 0 Å². The first-order valence-corrected chi connectivity index (χ1v) is 6.33. The quantitative estimate of drug-likeness (QED) is 0.643. The van der Waals surface area contributed by atoms with Gasteiger partial charge in [0.15, 0.2) is 0 Å². The third-order valence-electron chi connectivity index (χ3n) is 1.26. The molecule has 1 nitrogen and oxygen atoms in total. The van der Waals surface area contributed by atoms with Crippen molar-refractivity contribution in [1.82, 2.24) is 0 Å². The summed E-state index contributed by atoms with van der Waals surface area (Å²) < 4.78 is 2.53. The molecular weight excluding hydrogens is 256 g/mol. The predicted octanol–water partition coefficient (Wildman–Crippen LogP) is 0.825. The van der Waals surface area contributed by atoms with Crippen LogP contribution in [0.3, 0.4) is 0 Å². The van der Waals surface area contributed by atoms with E-state index in [1.165, 1.54) is 8.52 Å². The molecule has 0 saturated heterocycles. The molecule has 0 aliphatic heterocycles. The minimum absolute atomic E-state index is 0.383. The fraction of sp³-hybridized carbons (Fsp3) is 0. The fourth-order valence-corrected chi connectivity index (χ4v) is 5.71. The third kappa shape index (κ3) is 0.905. The minimum atomic E-state index is 0.383. The van der Waals surface area contributed by atoms with E-state index in [4.69, 9.17) is 5.26 Å². The summed E-state index contributed by atoms with van der Waals surface area (Å²) in [6, 6.07) is 6.38. The molecule has 0 unspecified atom stereocenters. The van der Waals surface area contributed by atoms with Gasteiger partial charge in [-0.05, 0) is 0 Å². The van der Waals surface area contributed by atoms with Crippen LogP contribution in [-0.4, -0.2) is 29.0 Å². The summed E-state index contributed by atoms with van der Waals surface area (Å²) >= 11 is 0.956. The van der Waals surface area contributed by atoms with Crippen LogP contribution in [0.2, 0.25) is 0 Å². The average Bonchev–Trinajstić information content (AvgIpc) is 2.42. The second-order valence-corrected chi connectivity index (χ2v) is 7.33. The number of rotatable bonds is 0. The summed E-state index contributed by atoms with van der Waals surface area (Å²) in [5.74, 6) is 0. The third-order valence-corrected chi connectivity index (χ3v) is 6.51. The van der Waals surface area contributed by atoms with Gasteiger partial charge in [0.25, 0.3) is 0 Å². The van der Waals surface area contributed by atoms with Crippen molar-refractivity contribution in [1.29, 1.82) is 5.26 Å². The summed E-state index contributed by atoms with van der Waals surface area (Å²) in [6.45, 7) is 0. The molecule has 0 N–H and O–H groups in total. The molecule has 0 atom stereocenters. The van der Waals surface area contributed by atoms with Crippen molar-refractivity contribution < 1.29 is 0 Å². The molecule has 0 amide bonds. The topological polar surface area (TPSA) is 23.8 Å². The summed E-state index contributed by atoms with van der Waals surface area (Å²) in [4.78, 5) is 2.23. The Morgan fingerprint density at radius 1 is 1.50 bits per heavy atom. The Morgan fingerprint density at radius 2 is 2.40 bits per heavy atom. The Balaban J connectivity index is 2.81. The van der Waals surface area contributed by atoms with Gasteiger partial charge >= 0.3 is 70.4 Å². The SMILES string of the molecule is N#Cc1cc2cc[se]c2[se]1. The van der Waals surface area contributed by atoms with Crippen molar-refractivity contribution in [3.05, 3.63) is 21.5 Å². The Morgan fingerprint density at radius 3 is 3.10 bits per heavy atom. The number of fused-ring (bicyclic) bond motifs is 1. The average molecular weight is 259 g/mol. The van der Waals surface area contributed by atoms with Gasteiger partial charge in [-0.25, -0.2) is 0 Å². The van der Waals surface area contributed by atoms with Crippen molar-refractivity contribution in [3.63, 3.8) is 0 Å². The predicted molar refractivity (Wildman–Crippen MR) is 42.5 cm³/mol. The molecule has 0 bridgehead atoms. The van der Waals surface area contributed by atoms with Crippen molar-refractivity contribution in [2.45, 2.75) is 0 Å². The van der Waals surface area contributed by atoms with E-state index in [-0.39, 0.29) is 0 Å². The Hall–Kier alpha value is -0.251. The molecule has 0 aromatic carbocycles. The standard InChI is InChI=1S/C7H3NSe2/c8-4-6-3-5-1-2-9-7(5)10-6/h1-3H. The number of nitrogens with zero attached hydrogens (tertiary/aromatic N) is 1. The monoisotopic (exact) mass is 261 g/mol. The van der Waals surface area contributed by atoms with Crippen LogP contribution >= 0.6 is 0 Å². The van der Waals surface area contributed by atoms with Crippen molar-refractivity contribution >= 4 is 37.5 Å². The van der Waals surface area contributed by atoms with Gasteiger partial charge in [-0.15, -0.1) is 0 Å². The van der Waals surface area contributed by atoms with Gasteiger partial charge < -0.3 is 0 Å². The van der Waals surface area contributed by atoms with E-state index in [0.29, 0.717) is 29.0 Å². The molecule has 2 aromatic rings. The second kappa shape index (κ2) is 2.42. The number of hydrogen-bond donors (Lipinski definition) is 0. The maximum absolute atomic E-state index is 8.57. The number of nitriles is 1. The summed E-state index contributed by atoms with van der Waals surface area (Å²) in [7, 11) is 0. The van der Waals surface area contributed by atoms with E-state index in [1.807, 2.05) is 6.07 Å². The molecule has 0 spiro atoms. The van der Waals surface area contributed by atoms with E-state index in [9.17, 15) is 0 Å². The zero-order valence-corrected chi connectivity index (χ0v) is 8.42. The molecule has 0 aliphatic carbocycles. The summed E-state index contributed by atoms with van der Waals surface area (Å²) in [5, 5.41) is 9.90. The van der Waals surface area contributed by atoms with Crippen LogP contribution in [-0.2, 0) is 0 Å². The van der Waals surface area contributed by atoms with Crippen LogP contribution in [0.1, 0.15) is 4.44 Å². The van der Waals surface area contributed by atoms with E-state index in [1.54, 1.807) is 0 Å². The molecule has 0 radical (unpaired) electrons. The normalized spacial score (nSPS) is 9.90. The molecule has 0 saturated carbocycles. The maximum atomic E-state index is 8.57. The second-order valence-electron chi connectivity index (χ2n) is 1.89. The zero-order chi connectivity index (χ0) is 6.97. The number of hydrogen-bond acceptors (Lipinski definition) is 1. The first-order chi connectivity index (χ1) is 4.90. The Kier molecular flexibility index (Phi) is 1.56. The molecular formula is C7H3NSe2. The summed E-state index contributed by atoms with van der Waals surface area (Å²) in [6.07, 6.45) is 0. The van der Waals surface area contributed by atoms with Gasteiger partial charge in [0.05, 0.1) is 0 Å². The molecule has 2 rings (SSSR count). The van der Waals surface area contributed by atoms with Crippen LogP contribution in [0.5, 0.6) is 0 Å². The molecule has 2 aromatic heterocycles. The van der Waals surface area contributed by atoms with Crippen LogP contribution in [0.25, 0.3) is 8.52 Å². The van der Waals surface area contributed by atoms with Crippen LogP contribution < -0.4 is 0 Å². The first-order valence-electron chi connectivity index (χ1n) is 2.77. The van der Waals surface area contributed by atoms with Gasteiger partial charge in [-0.3, -0.25) is 0 Å². The van der Waals surface area contributed by atoms with Crippen molar-refractivity contribution in [2.75, 3.05) is 0 Å². The first kappa shape index (κ1) is 6.46. The summed E-state index contributed by atoms with van der Waals surface area (Å²) in [5.41, 5.74) is 0. The van der Waals surface area contributed by atoms with Gasteiger partial charge in [-0.1, -0.05) is 0 Å². The van der Waals surface area contributed by atoms with Gasteiger partial charge in [0, 0.05) is 0 Å². The van der Waals surface area contributed by atoms with E-state index in [2.05, 4.69) is 17.1 Å². The molecule has 0 aliphatic rings. The Bertz CT molecular complexity index is 362. The van der Waals surface area contributed by atoms with Gasteiger partial charge in [0.1, 0.15) is 0 Å². The van der Waals surface area contributed by atoms with Crippen LogP contribution in [0.15, 0.2) is 17.1 Å². The van der Waals surface area contributed by atoms with E-state index in [0.717, 1.165) is 4.44 Å². The van der Waals surface area contributed by atoms with E-state index >= 15 is 0 Å². The molecule has 48 valence electrons. The Labute approximate surface area is 70.4 Å². The molecule has 0 fully saturated rings. The van der Waals surface area contributed by atoms with Crippen molar-refractivity contribution in [3.8, 4) is 6.07 Å². The zero-order valence-electron chi connectivity index (χ0n) is 5.00. The van der Waals surface area contributed by atoms with E-state index < -0.39 is 0 Å². The van der Waals surface area contributed by atoms with Crippen LogP contribution in [0, 0.1) is 11.3 Å². The fourth-order valence-electron chi connectivity index (χ4n) is 0.821. The van der Waals surface area contributed by atoms with Crippen molar-refractivity contribution in [2.24, 2.45) is 0 Å². The molecule has 10 heavy (non-hydrogen) atoms. The van der Waals surface area contributed by atoms with Gasteiger partial charge in [-0.2, -0.15) is 0 Å². The van der Waals surface area contributed by atoms with Gasteiger partial charge in [0.2, 0.25) is 0 Å². The molecule has 3 heteroatoms.